The second-order valence-electron chi connectivity index (χ2n) is 18.9. The van der Waals surface area contributed by atoms with Gasteiger partial charge in [-0.15, -0.1) is 21.5 Å². The third-order valence-electron chi connectivity index (χ3n) is 13.8. The fraction of sp³-hybridized carbons (Fsp3) is 0.377. The highest BCUT2D eigenvalue weighted by Crippen LogP contribution is 2.50. The van der Waals surface area contributed by atoms with Gasteiger partial charge in [-0.2, -0.15) is 13.2 Å². The summed E-state index contributed by atoms with van der Waals surface area (Å²) in [5.41, 5.74) is 6.15. The van der Waals surface area contributed by atoms with Crippen molar-refractivity contribution in [3.8, 4) is 16.8 Å². The molecule has 13 nitrogen and oxygen atoms in total. The van der Waals surface area contributed by atoms with Gasteiger partial charge in [0.25, 0.3) is 0 Å². The van der Waals surface area contributed by atoms with E-state index < -0.39 is 26.3 Å². The van der Waals surface area contributed by atoms with E-state index in [1.807, 2.05) is 71.0 Å². The van der Waals surface area contributed by atoms with Crippen molar-refractivity contribution in [2.75, 3.05) is 70.3 Å². The molecule has 1 unspecified atom stereocenters. The Bertz CT molecular complexity index is 3110. The van der Waals surface area contributed by atoms with Crippen molar-refractivity contribution in [2.45, 2.75) is 70.9 Å². The van der Waals surface area contributed by atoms with Gasteiger partial charge in [0.05, 0.1) is 50.5 Å². The van der Waals surface area contributed by atoms with E-state index in [9.17, 15) is 22.8 Å². The van der Waals surface area contributed by atoms with Crippen LogP contribution in [0.3, 0.4) is 0 Å². The number of anilines is 2. The fourth-order valence-corrected chi connectivity index (χ4v) is 12.0. The van der Waals surface area contributed by atoms with Crippen LogP contribution in [0, 0.1) is 32.6 Å². The number of hydrogen-bond donors (Lipinski definition) is 3. The predicted molar refractivity (Wildman–Crippen MR) is 284 cm³/mol. The van der Waals surface area contributed by atoms with Gasteiger partial charge in [-0.3, -0.25) is 24.0 Å². The van der Waals surface area contributed by atoms with Crippen LogP contribution in [-0.4, -0.2) is 125 Å². The van der Waals surface area contributed by atoms with Crippen LogP contribution in [0.25, 0.3) is 15.9 Å². The standard InChI is InChI=1S/C53H57ClF3N10O3PS/c1-33-34(2)72-52-49(33)50(36-12-14-37(54)15-13-36)61-45(51-63-62-35(3)67(51)52)20-21-47(68)60-40-24-28-65(30-40)48(69)31-64-26-22-39(23-27-64)59-44-10-7-11-46-43(44)29-41(66(46)32-53(55,56)57)9-8-25-58-38-16-18-42(19-17-38)71(5,6)70-4/h7,10-21,29,39-40,45,58-59H,22-28,30-32H2,1-6H3/p+1/b21-20+/t40-,45?/m1/s1. The Labute approximate surface area is 427 Å². The number of aryl methyl sites for hydroxylation is 2. The number of hydrogen-bond acceptors (Lipinski definition) is 10. The van der Waals surface area contributed by atoms with E-state index >= 15 is 0 Å². The molecule has 3 aromatic heterocycles. The quantitative estimate of drug-likeness (QED) is 0.0593. The molecule has 0 radical (unpaired) electrons. The molecule has 0 bridgehead atoms. The van der Waals surface area contributed by atoms with Gasteiger partial charge >= 0.3 is 6.18 Å². The van der Waals surface area contributed by atoms with Crippen molar-refractivity contribution in [3.05, 3.63) is 129 Å². The van der Waals surface area contributed by atoms with Gasteiger partial charge in [0.15, 0.2) is 13.3 Å². The molecule has 376 valence electrons. The summed E-state index contributed by atoms with van der Waals surface area (Å²) in [5, 5.41) is 22.3. The number of thiophene rings is 1. The van der Waals surface area contributed by atoms with Gasteiger partial charge in [-0.05, 0) is 112 Å². The zero-order chi connectivity index (χ0) is 50.9. The Kier molecular flexibility index (Phi) is 15.0. The second-order valence-corrected chi connectivity index (χ2v) is 24.1. The minimum absolute atomic E-state index is 0.00811. The number of aromatic nitrogens is 4. The van der Waals surface area contributed by atoms with Crippen molar-refractivity contribution < 1.29 is 27.3 Å². The molecule has 19 heteroatoms. The lowest BCUT2D eigenvalue weighted by Gasteiger charge is -2.33. The number of aliphatic imine (C=N–C) groups is 1. The number of piperidine rings is 1. The number of benzene rings is 3. The minimum Gasteiger partial charge on any atom is -0.382 e. The first-order valence-electron chi connectivity index (χ1n) is 24.0. The normalized spacial score (nSPS) is 17.6. The van der Waals surface area contributed by atoms with Gasteiger partial charge in [0, 0.05) is 82.1 Å². The van der Waals surface area contributed by atoms with E-state index in [1.165, 1.54) is 15.5 Å². The van der Waals surface area contributed by atoms with E-state index in [2.05, 4.69) is 70.1 Å². The third kappa shape index (κ3) is 11.3. The first kappa shape index (κ1) is 50.9. The number of nitrogens with zero attached hydrogens (tertiary/aromatic N) is 7. The summed E-state index contributed by atoms with van der Waals surface area (Å²) in [7, 11) is 0.0621. The molecule has 0 spiro atoms. The van der Waals surface area contributed by atoms with Gasteiger partial charge in [-0.25, -0.2) is 4.52 Å². The van der Waals surface area contributed by atoms with Crippen molar-refractivity contribution in [1.82, 2.24) is 34.4 Å². The van der Waals surface area contributed by atoms with Crippen LogP contribution in [0.15, 0.2) is 89.9 Å². The van der Waals surface area contributed by atoms with Crippen LogP contribution in [0.5, 0.6) is 0 Å². The first-order chi connectivity index (χ1) is 34.4. The maximum Gasteiger partial charge on any atom is 0.406 e. The first-order valence-corrected chi connectivity index (χ1v) is 27.8. The highest BCUT2D eigenvalue weighted by molar-refractivity contribution is 7.77. The fourth-order valence-electron chi connectivity index (χ4n) is 9.55. The SMILES string of the molecule is CO[P+](C)(C)c1ccc(NCC#Cc2cc3c(NC4CCN(CC(=O)N5CC[C@@H](NC(=O)/C=C/C6N=C(c7ccc(Cl)cc7)c7c(sc(C)c7C)-n7c(C)nnc76)C5)CC4)cccc3n2CC(F)(F)F)cc1. The summed E-state index contributed by atoms with van der Waals surface area (Å²) in [4.78, 5) is 37.4. The molecule has 6 heterocycles. The number of rotatable bonds is 13. The highest BCUT2D eigenvalue weighted by Gasteiger charge is 2.34. The van der Waals surface area contributed by atoms with Gasteiger partial charge in [-0.1, -0.05) is 35.7 Å². The molecule has 3 aliphatic heterocycles. The summed E-state index contributed by atoms with van der Waals surface area (Å²) >= 11 is 7.93. The molecule has 3 aromatic carbocycles. The maximum absolute atomic E-state index is 13.9. The second kappa shape index (κ2) is 21.2. The van der Waals surface area contributed by atoms with Crippen LogP contribution in [0.1, 0.15) is 64.2 Å². The van der Waals surface area contributed by atoms with E-state index in [-0.39, 0.29) is 42.7 Å². The van der Waals surface area contributed by atoms with Crippen molar-refractivity contribution in [1.29, 1.82) is 0 Å². The van der Waals surface area contributed by atoms with Gasteiger partial charge in [0.2, 0.25) is 11.8 Å². The van der Waals surface area contributed by atoms with E-state index in [4.69, 9.17) is 21.1 Å². The molecule has 2 saturated heterocycles. The lowest BCUT2D eigenvalue weighted by atomic mass is 10.00. The van der Waals surface area contributed by atoms with Crippen LogP contribution in [0.2, 0.25) is 5.02 Å². The highest BCUT2D eigenvalue weighted by atomic mass is 35.5. The predicted octanol–water partition coefficient (Wildman–Crippen LogP) is 9.09. The summed E-state index contributed by atoms with van der Waals surface area (Å²) in [6.45, 7) is 11.9. The van der Waals surface area contributed by atoms with Gasteiger partial charge in [0.1, 0.15) is 28.7 Å². The summed E-state index contributed by atoms with van der Waals surface area (Å²) in [6, 6.07) is 21.9. The Morgan fingerprint density at radius 3 is 2.43 bits per heavy atom. The number of amides is 2. The average Bonchev–Trinajstić information content (AvgIpc) is 4.12. The Morgan fingerprint density at radius 1 is 0.972 bits per heavy atom. The molecule has 2 amide bonds. The Hall–Kier alpha value is -6.02. The van der Waals surface area contributed by atoms with E-state index in [0.717, 1.165) is 62.7 Å². The van der Waals surface area contributed by atoms with Crippen molar-refractivity contribution >= 4 is 75.5 Å². The lowest BCUT2D eigenvalue weighted by Crippen LogP contribution is -2.45. The monoisotopic (exact) mass is 1040 g/mol. The number of nitrogens with one attached hydrogen (secondary N) is 3. The summed E-state index contributed by atoms with van der Waals surface area (Å²) in [6.07, 6.45) is 0.944. The number of alkyl halides is 3. The average molecular weight is 1040 g/mol. The molecular formula is C53H58ClF3N10O3PS+. The largest absolute Gasteiger partial charge is 0.406 e. The van der Waals surface area contributed by atoms with Gasteiger partial charge < -0.3 is 25.4 Å². The molecular weight excluding hydrogens is 980 g/mol. The van der Waals surface area contributed by atoms with Crippen molar-refractivity contribution in [3.63, 3.8) is 0 Å². The van der Waals surface area contributed by atoms with Crippen LogP contribution in [0.4, 0.5) is 24.5 Å². The summed E-state index contributed by atoms with van der Waals surface area (Å²) in [5.74, 6) is 7.08. The Balaban J connectivity index is 0.785. The molecule has 3 N–H and O–H groups in total. The van der Waals surface area contributed by atoms with Crippen LogP contribution < -0.4 is 21.3 Å². The molecule has 2 fully saturated rings. The maximum atomic E-state index is 13.9. The van der Waals surface area contributed by atoms with Crippen LogP contribution in [-0.2, 0) is 20.7 Å². The third-order valence-corrected chi connectivity index (χ3v) is 17.7. The van der Waals surface area contributed by atoms with Crippen molar-refractivity contribution in [2.24, 2.45) is 4.99 Å². The number of carbonyl (C=O) groups is 2. The van der Waals surface area contributed by atoms with E-state index in [1.54, 1.807) is 42.7 Å². The molecule has 0 aliphatic carbocycles. The molecule has 9 rings (SSSR count). The molecule has 2 atom stereocenters. The Morgan fingerprint density at radius 2 is 1.71 bits per heavy atom. The topological polar surface area (TPSA) is 134 Å². The molecule has 6 aromatic rings. The number of carbonyl (C=O) groups excluding carboxylic acids is 2. The lowest BCUT2D eigenvalue weighted by molar-refractivity contribution is -0.140. The van der Waals surface area contributed by atoms with E-state index in [0.29, 0.717) is 54.3 Å². The summed E-state index contributed by atoms with van der Waals surface area (Å²) < 4.78 is 50.7. The molecule has 3 aliphatic rings. The molecule has 72 heavy (non-hydrogen) atoms. The number of fused-ring (bicyclic) bond motifs is 4. The molecule has 0 saturated carbocycles. The van der Waals surface area contributed by atoms with Crippen LogP contribution >= 0.6 is 30.4 Å². The number of halogens is 4. The zero-order valence-corrected chi connectivity index (χ0v) is 43.6. The minimum atomic E-state index is -4.44. The smallest absolute Gasteiger partial charge is 0.382 e. The number of likely N-dealkylation sites (tertiary alicyclic amines) is 2. The zero-order valence-electron chi connectivity index (χ0n) is 41.1.